The quantitative estimate of drug-likeness (QED) is 0.590. The van der Waals surface area contributed by atoms with Gasteiger partial charge in [-0.2, -0.15) is 5.26 Å². The van der Waals surface area contributed by atoms with E-state index in [0.29, 0.717) is 26.1 Å². The molecule has 6 nitrogen and oxygen atoms in total. The van der Waals surface area contributed by atoms with Gasteiger partial charge in [-0.25, -0.2) is 0 Å². The minimum absolute atomic E-state index is 0.0482. The van der Waals surface area contributed by atoms with Crippen LogP contribution in [-0.4, -0.2) is 49.4 Å². The van der Waals surface area contributed by atoms with E-state index in [2.05, 4.69) is 10.6 Å². The fourth-order valence-corrected chi connectivity index (χ4v) is 1.48. The molecule has 0 radical (unpaired) electrons. The maximum Gasteiger partial charge on any atom is 0.239 e. The first-order valence-electron chi connectivity index (χ1n) is 5.36. The summed E-state index contributed by atoms with van der Waals surface area (Å²) in [5.74, 6) is -0.251. The Morgan fingerprint density at radius 3 is 3.19 bits per heavy atom. The predicted molar refractivity (Wildman–Crippen MR) is 57.3 cm³/mol. The van der Waals surface area contributed by atoms with Gasteiger partial charge >= 0.3 is 0 Å². The smallest absolute Gasteiger partial charge is 0.239 e. The van der Waals surface area contributed by atoms with E-state index in [9.17, 15) is 9.59 Å². The van der Waals surface area contributed by atoms with Gasteiger partial charge in [0.05, 0.1) is 25.6 Å². The molecule has 0 unspecified atom stereocenters. The average molecular weight is 224 g/mol. The molecule has 16 heavy (non-hydrogen) atoms. The Hall–Kier alpha value is -1.61. The molecule has 2 amide bonds. The van der Waals surface area contributed by atoms with Crippen LogP contribution >= 0.6 is 0 Å². The number of amides is 2. The van der Waals surface area contributed by atoms with Crippen molar-refractivity contribution >= 4 is 11.8 Å². The number of nitrogens with one attached hydrogen (secondary N) is 2. The Bertz CT molecular complexity index is 298. The number of nitriles is 1. The van der Waals surface area contributed by atoms with Gasteiger partial charge in [0.2, 0.25) is 11.8 Å². The number of carbonyl (C=O) groups excluding carboxylic acids is 2. The van der Waals surface area contributed by atoms with Crippen molar-refractivity contribution in [1.29, 1.82) is 5.26 Å². The Balaban J connectivity index is 2.31. The number of carbonyl (C=O) groups is 2. The minimum Gasteiger partial charge on any atom is -0.354 e. The van der Waals surface area contributed by atoms with Crippen LogP contribution in [0.5, 0.6) is 0 Å². The molecule has 0 saturated carbocycles. The average Bonchev–Trinajstić information content (AvgIpc) is 2.45. The van der Waals surface area contributed by atoms with Gasteiger partial charge < -0.3 is 15.5 Å². The van der Waals surface area contributed by atoms with Crippen molar-refractivity contribution < 1.29 is 9.59 Å². The Kier molecular flexibility index (Phi) is 5.29. The van der Waals surface area contributed by atoms with Crippen LogP contribution in [0.15, 0.2) is 0 Å². The van der Waals surface area contributed by atoms with Crippen LogP contribution in [0.2, 0.25) is 0 Å². The second kappa shape index (κ2) is 6.80. The van der Waals surface area contributed by atoms with Crippen molar-refractivity contribution in [3.05, 3.63) is 0 Å². The van der Waals surface area contributed by atoms with Gasteiger partial charge in [-0.05, 0) is 13.0 Å². The topological polar surface area (TPSA) is 85.2 Å². The lowest BCUT2D eigenvalue weighted by molar-refractivity contribution is -0.134. The van der Waals surface area contributed by atoms with Gasteiger partial charge in [0, 0.05) is 13.1 Å². The van der Waals surface area contributed by atoms with Crippen molar-refractivity contribution in [2.24, 2.45) is 0 Å². The van der Waals surface area contributed by atoms with Crippen LogP contribution in [0, 0.1) is 11.3 Å². The zero-order valence-electron chi connectivity index (χ0n) is 9.16. The lowest BCUT2D eigenvalue weighted by Crippen LogP contribution is -2.42. The zero-order chi connectivity index (χ0) is 11.8. The molecular formula is C10H16N4O2. The monoisotopic (exact) mass is 224 g/mol. The lowest BCUT2D eigenvalue weighted by Gasteiger charge is -2.19. The number of hydrogen-bond donors (Lipinski definition) is 2. The molecule has 6 heteroatoms. The van der Waals surface area contributed by atoms with Crippen molar-refractivity contribution in [3.63, 3.8) is 0 Å². The number of nitrogens with zero attached hydrogens (tertiary/aromatic N) is 2. The van der Waals surface area contributed by atoms with E-state index in [1.807, 2.05) is 6.07 Å². The van der Waals surface area contributed by atoms with Crippen molar-refractivity contribution in [2.75, 3.05) is 32.7 Å². The second-order valence-corrected chi connectivity index (χ2v) is 3.60. The fraction of sp³-hybridized carbons (Fsp3) is 0.700. The Labute approximate surface area is 94.6 Å². The summed E-state index contributed by atoms with van der Waals surface area (Å²) in [6, 6.07) is 1.94. The highest BCUT2D eigenvalue weighted by molar-refractivity contribution is 5.85. The van der Waals surface area contributed by atoms with E-state index in [1.54, 1.807) is 4.90 Å². The van der Waals surface area contributed by atoms with Gasteiger partial charge in [-0.3, -0.25) is 9.59 Å². The first-order valence-corrected chi connectivity index (χ1v) is 5.36. The van der Waals surface area contributed by atoms with Crippen molar-refractivity contribution in [1.82, 2.24) is 15.5 Å². The third kappa shape index (κ3) is 4.28. The van der Waals surface area contributed by atoms with Gasteiger partial charge in [0.25, 0.3) is 0 Å². The molecule has 0 aliphatic carbocycles. The molecule has 1 rings (SSSR count). The van der Waals surface area contributed by atoms with Crippen LogP contribution in [0.25, 0.3) is 0 Å². The molecule has 2 N–H and O–H groups in total. The molecular weight excluding hydrogens is 208 g/mol. The van der Waals surface area contributed by atoms with Gasteiger partial charge in [0.1, 0.15) is 0 Å². The highest BCUT2D eigenvalue weighted by Crippen LogP contribution is 1.96. The Morgan fingerprint density at radius 2 is 2.44 bits per heavy atom. The number of rotatable bonds is 4. The number of hydrogen-bond acceptors (Lipinski definition) is 4. The highest BCUT2D eigenvalue weighted by atomic mass is 16.2. The summed E-state index contributed by atoms with van der Waals surface area (Å²) in [7, 11) is 0. The molecule has 0 aromatic rings. The zero-order valence-corrected chi connectivity index (χ0v) is 9.16. The van der Waals surface area contributed by atoms with Gasteiger partial charge in [-0.1, -0.05) is 0 Å². The molecule has 0 bridgehead atoms. The molecule has 0 spiro atoms. The Morgan fingerprint density at radius 1 is 1.62 bits per heavy atom. The van der Waals surface area contributed by atoms with Crippen LogP contribution < -0.4 is 10.6 Å². The molecule has 1 saturated heterocycles. The van der Waals surface area contributed by atoms with E-state index in [0.717, 1.165) is 13.0 Å². The maximum atomic E-state index is 11.5. The summed E-state index contributed by atoms with van der Waals surface area (Å²) in [5, 5.41) is 13.9. The molecule has 0 aromatic carbocycles. The van der Waals surface area contributed by atoms with E-state index >= 15 is 0 Å². The fourth-order valence-electron chi connectivity index (χ4n) is 1.48. The summed E-state index contributed by atoms with van der Waals surface area (Å²) in [5.41, 5.74) is 0. The SMILES string of the molecule is N#CCCNC(=O)CN1CCCNCC1=O. The largest absolute Gasteiger partial charge is 0.354 e. The summed E-state index contributed by atoms with van der Waals surface area (Å²) in [6.45, 7) is 2.14. The summed E-state index contributed by atoms with van der Waals surface area (Å²) < 4.78 is 0. The van der Waals surface area contributed by atoms with Gasteiger partial charge in [-0.15, -0.1) is 0 Å². The van der Waals surface area contributed by atoms with Crippen LogP contribution in [0.4, 0.5) is 0 Å². The van der Waals surface area contributed by atoms with Crippen LogP contribution in [-0.2, 0) is 9.59 Å². The van der Waals surface area contributed by atoms with Crippen LogP contribution in [0.1, 0.15) is 12.8 Å². The maximum absolute atomic E-state index is 11.5. The molecule has 1 aliphatic heterocycles. The van der Waals surface area contributed by atoms with E-state index in [1.165, 1.54) is 0 Å². The van der Waals surface area contributed by atoms with E-state index in [-0.39, 0.29) is 18.4 Å². The van der Waals surface area contributed by atoms with Gasteiger partial charge in [0.15, 0.2) is 0 Å². The first-order chi connectivity index (χ1) is 7.74. The molecule has 88 valence electrons. The lowest BCUT2D eigenvalue weighted by atomic mass is 10.3. The molecule has 1 aliphatic rings. The van der Waals surface area contributed by atoms with E-state index < -0.39 is 0 Å². The highest BCUT2D eigenvalue weighted by Gasteiger charge is 2.18. The minimum atomic E-state index is -0.203. The third-order valence-corrected chi connectivity index (χ3v) is 2.30. The predicted octanol–water partition coefficient (Wildman–Crippen LogP) is -1.16. The molecule has 1 fully saturated rings. The summed E-state index contributed by atoms with van der Waals surface area (Å²) in [6.07, 6.45) is 1.15. The normalized spacial score (nSPS) is 16.4. The standard InChI is InChI=1S/C10H16N4O2/c11-3-1-5-13-9(15)8-14-6-2-4-12-7-10(14)16/h12H,1-2,4-8H2,(H,13,15). The summed E-state index contributed by atoms with van der Waals surface area (Å²) in [4.78, 5) is 24.5. The van der Waals surface area contributed by atoms with Crippen molar-refractivity contribution in [3.8, 4) is 6.07 Å². The second-order valence-electron chi connectivity index (χ2n) is 3.60. The molecule has 1 heterocycles. The van der Waals surface area contributed by atoms with E-state index in [4.69, 9.17) is 5.26 Å². The molecule has 0 aromatic heterocycles. The molecule has 0 atom stereocenters. The van der Waals surface area contributed by atoms with Crippen molar-refractivity contribution in [2.45, 2.75) is 12.8 Å². The first kappa shape index (κ1) is 12.5. The third-order valence-electron chi connectivity index (χ3n) is 2.30. The summed E-state index contributed by atoms with van der Waals surface area (Å²) >= 11 is 0. The van der Waals surface area contributed by atoms with Crippen LogP contribution in [0.3, 0.4) is 0 Å².